The molecule has 0 fully saturated rings. The van der Waals surface area contributed by atoms with Crippen LogP contribution in [0.25, 0.3) is 0 Å². The first-order chi connectivity index (χ1) is 15.4. The van der Waals surface area contributed by atoms with E-state index < -0.39 is 16.1 Å². The van der Waals surface area contributed by atoms with Crippen molar-refractivity contribution in [2.45, 2.75) is 43.6 Å². The van der Waals surface area contributed by atoms with E-state index in [1.165, 1.54) is 35.5 Å². The molecule has 0 saturated carbocycles. The van der Waals surface area contributed by atoms with Crippen molar-refractivity contribution in [3.8, 4) is 11.5 Å². The Kier molecular flexibility index (Phi) is 6.41. The molecule has 0 spiro atoms. The summed E-state index contributed by atoms with van der Waals surface area (Å²) in [6.45, 7) is 2.25. The van der Waals surface area contributed by atoms with Crippen LogP contribution in [-0.2, 0) is 14.8 Å². The monoisotopic (exact) mass is 456 g/mol. The topological polar surface area (TPSA) is 84.9 Å². The summed E-state index contributed by atoms with van der Waals surface area (Å²) in [6.07, 6.45) is 5.55. The van der Waals surface area contributed by atoms with Gasteiger partial charge in [-0.05, 0) is 74.6 Å². The first-order valence-corrected chi connectivity index (χ1v) is 12.2. The van der Waals surface area contributed by atoms with E-state index in [0.717, 1.165) is 24.8 Å². The fourth-order valence-electron chi connectivity index (χ4n) is 3.98. The second-order valence-corrected chi connectivity index (χ2v) is 9.98. The van der Waals surface area contributed by atoms with Crippen LogP contribution in [0.1, 0.15) is 31.2 Å². The van der Waals surface area contributed by atoms with Crippen molar-refractivity contribution in [3.05, 3.63) is 59.7 Å². The van der Waals surface area contributed by atoms with E-state index in [1.54, 1.807) is 24.3 Å². The number of amides is 1. The van der Waals surface area contributed by atoms with Crippen molar-refractivity contribution in [2.75, 3.05) is 24.5 Å². The van der Waals surface area contributed by atoms with Crippen LogP contribution in [0.2, 0.25) is 0 Å². The smallest absolute Gasteiger partial charge is 0.264 e. The number of nitrogens with zero attached hydrogens (tertiary/aromatic N) is 1. The van der Waals surface area contributed by atoms with E-state index in [9.17, 15) is 13.2 Å². The Bertz CT molecular complexity index is 1130. The molecule has 0 unspecified atom stereocenters. The molecule has 1 aliphatic carbocycles. The number of rotatable bonds is 6. The summed E-state index contributed by atoms with van der Waals surface area (Å²) in [7, 11) is -2.39. The first kappa shape index (κ1) is 22.2. The van der Waals surface area contributed by atoms with Gasteiger partial charge in [0.15, 0.2) is 6.10 Å². The summed E-state index contributed by atoms with van der Waals surface area (Å²) >= 11 is 0. The van der Waals surface area contributed by atoms with Crippen LogP contribution in [-0.4, -0.2) is 40.6 Å². The lowest BCUT2D eigenvalue weighted by Crippen LogP contribution is -2.51. The van der Waals surface area contributed by atoms with Crippen LogP contribution in [0, 0.1) is 6.92 Å². The average Bonchev–Trinajstić information content (AvgIpc) is 2.82. The molecule has 0 saturated heterocycles. The lowest BCUT2D eigenvalue weighted by atomic mass is 10.00. The van der Waals surface area contributed by atoms with Gasteiger partial charge < -0.3 is 14.8 Å². The molecule has 2 aromatic rings. The Morgan fingerprint density at radius 2 is 1.97 bits per heavy atom. The maximum Gasteiger partial charge on any atom is 0.264 e. The summed E-state index contributed by atoms with van der Waals surface area (Å²) < 4.78 is 39.4. The zero-order valence-corrected chi connectivity index (χ0v) is 19.2. The SMILES string of the molecule is COc1ccc(S(=O)(=O)N2C[C@@H](C(=O)NCC3=CCCCC3)Oc3ccc(C)cc32)cc1. The van der Waals surface area contributed by atoms with E-state index in [-0.39, 0.29) is 17.3 Å². The molecule has 8 heteroatoms. The summed E-state index contributed by atoms with van der Waals surface area (Å²) in [5.41, 5.74) is 2.54. The number of benzene rings is 2. The van der Waals surface area contributed by atoms with E-state index in [1.807, 2.05) is 13.0 Å². The summed E-state index contributed by atoms with van der Waals surface area (Å²) in [5.74, 6) is 0.616. The number of carbonyl (C=O) groups is 1. The van der Waals surface area contributed by atoms with Gasteiger partial charge in [0.25, 0.3) is 15.9 Å². The number of hydrogen-bond acceptors (Lipinski definition) is 5. The van der Waals surface area contributed by atoms with Gasteiger partial charge in [0.1, 0.15) is 11.5 Å². The van der Waals surface area contributed by atoms with E-state index in [2.05, 4.69) is 11.4 Å². The van der Waals surface area contributed by atoms with Crippen molar-refractivity contribution in [1.29, 1.82) is 0 Å². The van der Waals surface area contributed by atoms with Crippen molar-refractivity contribution in [3.63, 3.8) is 0 Å². The Balaban J connectivity index is 1.61. The molecule has 0 radical (unpaired) electrons. The van der Waals surface area contributed by atoms with Crippen molar-refractivity contribution < 1.29 is 22.7 Å². The quantitative estimate of drug-likeness (QED) is 0.672. The number of fused-ring (bicyclic) bond motifs is 1. The van der Waals surface area contributed by atoms with Crippen LogP contribution in [0.15, 0.2) is 59.0 Å². The minimum atomic E-state index is -3.91. The number of methoxy groups -OCH3 is 1. The zero-order valence-electron chi connectivity index (χ0n) is 18.3. The molecule has 7 nitrogen and oxygen atoms in total. The van der Waals surface area contributed by atoms with Crippen LogP contribution >= 0.6 is 0 Å². The minimum absolute atomic E-state index is 0.101. The number of aryl methyl sites for hydroxylation is 1. The highest BCUT2D eigenvalue weighted by Gasteiger charge is 2.37. The molecule has 0 bridgehead atoms. The highest BCUT2D eigenvalue weighted by atomic mass is 32.2. The highest BCUT2D eigenvalue weighted by molar-refractivity contribution is 7.92. The second-order valence-electron chi connectivity index (χ2n) is 8.12. The summed E-state index contributed by atoms with van der Waals surface area (Å²) in [5, 5.41) is 2.92. The van der Waals surface area contributed by atoms with Gasteiger partial charge in [0.2, 0.25) is 0 Å². The number of sulfonamides is 1. The molecular formula is C24H28N2O5S. The maximum absolute atomic E-state index is 13.5. The lowest BCUT2D eigenvalue weighted by molar-refractivity contribution is -0.127. The highest BCUT2D eigenvalue weighted by Crippen LogP contribution is 2.38. The number of anilines is 1. The van der Waals surface area contributed by atoms with Gasteiger partial charge in [-0.1, -0.05) is 17.7 Å². The molecule has 1 N–H and O–H groups in total. The van der Waals surface area contributed by atoms with Crippen LogP contribution in [0.5, 0.6) is 11.5 Å². The van der Waals surface area contributed by atoms with Gasteiger partial charge in [-0.25, -0.2) is 8.42 Å². The van der Waals surface area contributed by atoms with Crippen molar-refractivity contribution in [1.82, 2.24) is 5.32 Å². The van der Waals surface area contributed by atoms with Gasteiger partial charge in [-0.2, -0.15) is 0 Å². The number of carbonyl (C=O) groups excluding carboxylic acids is 1. The van der Waals surface area contributed by atoms with Gasteiger partial charge in [-0.15, -0.1) is 0 Å². The largest absolute Gasteiger partial charge is 0.497 e. The fraction of sp³-hybridized carbons (Fsp3) is 0.375. The molecule has 0 aromatic heterocycles. The van der Waals surface area contributed by atoms with Gasteiger partial charge in [-0.3, -0.25) is 9.10 Å². The Labute approximate surface area is 189 Å². The third-order valence-electron chi connectivity index (χ3n) is 5.80. The van der Waals surface area contributed by atoms with Gasteiger partial charge in [0.05, 0.1) is 24.2 Å². The molecule has 32 heavy (non-hydrogen) atoms. The van der Waals surface area contributed by atoms with Gasteiger partial charge in [0, 0.05) is 6.54 Å². The molecule has 1 aliphatic heterocycles. The minimum Gasteiger partial charge on any atom is -0.497 e. The predicted octanol–water partition coefficient (Wildman–Crippen LogP) is 3.58. The molecule has 170 valence electrons. The second kappa shape index (κ2) is 9.24. The molecule has 2 aromatic carbocycles. The van der Waals surface area contributed by atoms with Crippen LogP contribution < -0.4 is 19.1 Å². The summed E-state index contributed by atoms with van der Waals surface area (Å²) in [6, 6.07) is 11.5. The summed E-state index contributed by atoms with van der Waals surface area (Å²) in [4.78, 5) is 13.0. The fourth-order valence-corrected chi connectivity index (χ4v) is 5.45. The van der Waals surface area contributed by atoms with Crippen LogP contribution in [0.4, 0.5) is 5.69 Å². The molecule has 1 atom stereocenters. The zero-order chi connectivity index (χ0) is 22.7. The standard InChI is InChI=1S/C24H28N2O5S/c1-17-8-13-22-21(14-17)26(32(28,29)20-11-9-19(30-2)10-12-20)16-23(31-22)24(27)25-15-18-6-4-3-5-7-18/h6,8-14,23H,3-5,7,15-16H2,1-2H3,(H,25,27)/t23-/m0/s1. The Morgan fingerprint density at radius 3 is 2.66 bits per heavy atom. The number of ether oxygens (including phenoxy) is 2. The van der Waals surface area contributed by atoms with Gasteiger partial charge >= 0.3 is 0 Å². The average molecular weight is 457 g/mol. The molecule has 1 heterocycles. The number of nitrogens with one attached hydrogen (secondary N) is 1. The predicted molar refractivity (Wildman–Crippen MR) is 123 cm³/mol. The maximum atomic E-state index is 13.5. The normalized spacial score (nSPS) is 18.2. The molecule has 4 rings (SSSR count). The van der Waals surface area contributed by atoms with E-state index >= 15 is 0 Å². The Morgan fingerprint density at radius 1 is 1.19 bits per heavy atom. The molecular weight excluding hydrogens is 428 g/mol. The molecule has 1 amide bonds. The van der Waals surface area contributed by atoms with E-state index in [4.69, 9.17) is 9.47 Å². The first-order valence-electron chi connectivity index (χ1n) is 10.8. The lowest BCUT2D eigenvalue weighted by Gasteiger charge is -2.35. The Hall–Kier alpha value is -3.00. The third kappa shape index (κ3) is 4.60. The van der Waals surface area contributed by atoms with Crippen LogP contribution in [0.3, 0.4) is 0 Å². The van der Waals surface area contributed by atoms with Crippen molar-refractivity contribution >= 4 is 21.6 Å². The number of hydrogen-bond donors (Lipinski definition) is 1. The third-order valence-corrected chi connectivity index (χ3v) is 7.59. The number of allylic oxidation sites excluding steroid dienone is 1. The van der Waals surface area contributed by atoms with Crippen molar-refractivity contribution in [2.24, 2.45) is 0 Å². The van der Waals surface area contributed by atoms with E-state index in [0.29, 0.717) is 23.7 Å². The molecule has 2 aliphatic rings.